The maximum Gasteiger partial charge on any atom is 0.251 e. The van der Waals surface area contributed by atoms with Crippen LogP contribution in [0.2, 0.25) is 10.2 Å². The van der Waals surface area contributed by atoms with Crippen LogP contribution in [0, 0.1) is 0 Å². The van der Waals surface area contributed by atoms with Gasteiger partial charge in [0, 0.05) is 29.1 Å². The van der Waals surface area contributed by atoms with Gasteiger partial charge in [0.1, 0.15) is 11.3 Å². The second kappa shape index (κ2) is 7.36. The summed E-state index contributed by atoms with van der Waals surface area (Å²) in [6.45, 7) is 0. The fourth-order valence-electron chi connectivity index (χ4n) is 3.10. The summed E-state index contributed by atoms with van der Waals surface area (Å²) in [5, 5.41) is 12.4. The van der Waals surface area contributed by atoms with E-state index in [1.165, 1.54) is 10.6 Å². The van der Waals surface area contributed by atoms with Gasteiger partial charge in [-0.25, -0.2) is 4.98 Å². The second-order valence-corrected chi connectivity index (χ2v) is 7.20. The van der Waals surface area contributed by atoms with Gasteiger partial charge in [-0.3, -0.25) is 9.78 Å². The Morgan fingerprint density at radius 2 is 1.82 bits per heavy atom. The van der Waals surface area contributed by atoms with Crippen molar-refractivity contribution in [2.24, 2.45) is 7.05 Å². The monoisotopic (exact) mass is 411 g/mol. The number of aliphatic hydroxyl groups is 1. The molecule has 0 aliphatic rings. The molecule has 0 saturated carbocycles. The minimum atomic E-state index is -0.931. The summed E-state index contributed by atoms with van der Waals surface area (Å²) in [5.41, 5.74) is 2.79. The van der Waals surface area contributed by atoms with Gasteiger partial charge in [-0.1, -0.05) is 41.4 Å². The Balaban J connectivity index is 1.92. The number of hydrogen-bond acceptors (Lipinski definition) is 4. The summed E-state index contributed by atoms with van der Waals surface area (Å²) < 4.78 is 1.51. The lowest BCUT2D eigenvalue weighted by Crippen LogP contribution is -2.17. The number of benzene rings is 1. The molecule has 1 N–H and O–H groups in total. The minimum absolute atomic E-state index is 0.183. The molecule has 3 aromatic heterocycles. The van der Waals surface area contributed by atoms with Crippen molar-refractivity contribution in [3.63, 3.8) is 0 Å². The van der Waals surface area contributed by atoms with E-state index in [1.807, 2.05) is 0 Å². The molecule has 0 spiro atoms. The molecule has 3 heterocycles. The molecular weight excluding hydrogens is 397 g/mol. The van der Waals surface area contributed by atoms with Crippen LogP contribution in [0.3, 0.4) is 0 Å². The molecule has 0 bridgehead atoms. The molecule has 4 rings (SSSR count). The molecule has 0 aliphatic carbocycles. The lowest BCUT2D eigenvalue weighted by Gasteiger charge is -2.14. The Labute approximate surface area is 170 Å². The predicted octanol–water partition coefficient (Wildman–Crippen LogP) is 4.38. The molecule has 1 atom stereocenters. The van der Waals surface area contributed by atoms with E-state index in [0.717, 1.165) is 5.39 Å². The van der Waals surface area contributed by atoms with Crippen LogP contribution in [0.4, 0.5) is 0 Å². The first-order valence-electron chi connectivity index (χ1n) is 8.50. The molecule has 5 nitrogen and oxygen atoms in total. The average Bonchev–Trinajstić information content (AvgIpc) is 2.70. The van der Waals surface area contributed by atoms with Crippen LogP contribution in [-0.2, 0) is 7.05 Å². The summed E-state index contributed by atoms with van der Waals surface area (Å²) in [7, 11) is 1.68. The highest BCUT2D eigenvalue weighted by molar-refractivity contribution is 6.30. The Hall–Kier alpha value is -2.73. The maximum absolute atomic E-state index is 12.4. The first kappa shape index (κ1) is 18.6. The maximum atomic E-state index is 12.4. The minimum Gasteiger partial charge on any atom is -0.382 e. The molecule has 4 aromatic rings. The number of rotatable bonds is 3. The van der Waals surface area contributed by atoms with Crippen LogP contribution in [0.15, 0.2) is 65.6 Å². The molecule has 0 fully saturated rings. The van der Waals surface area contributed by atoms with Crippen molar-refractivity contribution in [3.8, 4) is 11.3 Å². The number of aromatic nitrogens is 3. The van der Waals surface area contributed by atoms with Crippen LogP contribution < -0.4 is 5.56 Å². The van der Waals surface area contributed by atoms with Crippen molar-refractivity contribution in [1.82, 2.24) is 14.5 Å². The highest BCUT2D eigenvalue weighted by atomic mass is 35.5. The van der Waals surface area contributed by atoms with Crippen molar-refractivity contribution in [2.75, 3.05) is 0 Å². The van der Waals surface area contributed by atoms with E-state index >= 15 is 0 Å². The third-order valence-corrected chi connectivity index (χ3v) is 5.07. The fourth-order valence-corrected chi connectivity index (χ4v) is 3.39. The zero-order valence-corrected chi connectivity index (χ0v) is 16.3. The third-order valence-electron chi connectivity index (χ3n) is 4.61. The SMILES string of the molecule is Cn1c(=O)cc(-c2cccc(Cl)n2)c2cc(C(O)c3ccc(Cl)cc3)ncc21. The zero-order valence-electron chi connectivity index (χ0n) is 14.8. The van der Waals surface area contributed by atoms with Gasteiger partial charge in [0.2, 0.25) is 0 Å². The topological polar surface area (TPSA) is 68.0 Å². The van der Waals surface area contributed by atoms with Gasteiger partial charge in [-0.2, -0.15) is 0 Å². The Kier molecular flexibility index (Phi) is 4.89. The van der Waals surface area contributed by atoms with Gasteiger partial charge in [0.25, 0.3) is 5.56 Å². The summed E-state index contributed by atoms with van der Waals surface area (Å²) in [6, 6.07) is 15.4. The number of aliphatic hydroxyl groups excluding tert-OH is 1. The molecule has 28 heavy (non-hydrogen) atoms. The first-order chi connectivity index (χ1) is 13.4. The second-order valence-electron chi connectivity index (χ2n) is 6.38. The molecule has 0 radical (unpaired) electrons. The quantitative estimate of drug-likeness (QED) is 0.507. The van der Waals surface area contributed by atoms with Gasteiger partial charge in [-0.05, 0) is 35.9 Å². The van der Waals surface area contributed by atoms with Gasteiger partial charge >= 0.3 is 0 Å². The summed E-state index contributed by atoms with van der Waals surface area (Å²) in [4.78, 5) is 21.1. The van der Waals surface area contributed by atoms with E-state index in [9.17, 15) is 9.90 Å². The lowest BCUT2D eigenvalue weighted by atomic mass is 10.0. The Morgan fingerprint density at radius 3 is 2.54 bits per heavy atom. The Bertz CT molecular complexity index is 1240. The van der Waals surface area contributed by atoms with Gasteiger partial charge in [0.05, 0.1) is 23.1 Å². The van der Waals surface area contributed by atoms with Crippen molar-refractivity contribution in [1.29, 1.82) is 0 Å². The van der Waals surface area contributed by atoms with Gasteiger partial charge in [0.15, 0.2) is 0 Å². The first-order valence-corrected chi connectivity index (χ1v) is 9.26. The number of pyridine rings is 3. The van der Waals surface area contributed by atoms with E-state index in [4.69, 9.17) is 23.2 Å². The molecular formula is C21H15Cl2N3O2. The zero-order chi connectivity index (χ0) is 19.8. The Morgan fingerprint density at radius 1 is 1.07 bits per heavy atom. The summed E-state index contributed by atoms with van der Waals surface area (Å²) >= 11 is 12.0. The number of hydrogen-bond donors (Lipinski definition) is 1. The summed E-state index contributed by atoms with van der Waals surface area (Å²) in [6.07, 6.45) is 0.651. The largest absolute Gasteiger partial charge is 0.382 e. The standard InChI is InChI=1S/C21H15Cl2N3O2/c1-26-18-11-24-17(21(28)12-5-7-13(22)8-6-12)9-15(18)14(10-20(26)27)16-3-2-4-19(23)25-16/h2-11,21,28H,1H3. The molecule has 0 aliphatic heterocycles. The van der Waals surface area contributed by atoms with E-state index in [0.29, 0.717) is 38.2 Å². The van der Waals surface area contributed by atoms with Crippen molar-refractivity contribution in [3.05, 3.63) is 92.6 Å². The van der Waals surface area contributed by atoms with Gasteiger partial charge in [-0.15, -0.1) is 0 Å². The van der Waals surface area contributed by atoms with Gasteiger partial charge < -0.3 is 9.67 Å². The molecule has 7 heteroatoms. The number of nitrogens with zero attached hydrogens (tertiary/aromatic N) is 3. The third kappa shape index (κ3) is 3.40. The fraction of sp³-hybridized carbons (Fsp3) is 0.0952. The van der Waals surface area contributed by atoms with E-state index in [-0.39, 0.29) is 5.56 Å². The van der Waals surface area contributed by atoms with Crippen molar-refractivity contribution >= 4 is 34.1 Å². The van der Waals surface area contributed by atoms with Crippen LogP contribution >= 0.6 is 23.2 Å². The molecule has 0 saturated heterocycles. The van der Waals surface area contributed by atoms with E-state index in [2.05, 4.69) is 9.97 Å². The smallest absolute Gasteiger partial charge is 0.251 e. The van der Waals surface area contributed by atoms with E-state index in [1.54, 1.807) is 61.8 Å². The van der Waals surface area contributed by atoms with Crippen LogP contribution in [0.1, 0.15) is 17.4 Å². The molecule has 1 aromatic carbocycles. The molecule has 0 amide bonds. The van der Waals surface area contributed by atoms with Crippen molar-refractivity contribution < 1.29 is 5.11 Å². The van der Waals surface area contributed by atoms with E-state index < -0.39 is 6.10 Å². The number of aryl methyl sites for hydroxylation is 1. The number of fused-ring (bicyclic) bond motifs is 1. The normalized spacial score (nSPS) is 12.3. The number of halogens is 2. The van der Waals surface area contributed by atoms with Crippen molar-refractivity contribution in [2.45, 2.75) is 6.10 Å². The molecule has 140 valence electrons. The molecule has 1 unspecified atom stereocenters. The van der Waals surface area contributed by atoms with Crippen LogP contribution in [0.25, 0.3) is 22.2 Å². The predicted molar refractivity (Wildman–Crippen MR) is 111 cm³/mol. The van der Waals surface area contributed by atoms with Crippen LogP contribution in [0.5, 0.6) is 0 Å². The highest BCUT2D eigenvalue weighted by Crippen LogP contribution is 2.30. The lowest BCUT2D eigenvalue weighted by molar-refractivity contribution is 0.215. The average molecular weight is 412 g/mol. The summed E-state index contributed by atoms with van der Waals surface area (Å²) in [5.74, 6) is 0. The highest BCUT2D eigenvalue weighted by Gasteiger charge is 2.16. The van der Waals surface area contributed by atoms with Crippen LogP contribution in [-0.4, -0.2) is 19.6 Å².